The minimum Gasteiger partial charge on any atom is -0.479 e. The van der Waals surface area contributed by atoms with Gasteiger partial charge in [0, 0.05) is 19.3 Å². The fourth-order valence-electron chi connectivity index (χ4n) is 9.44. The van der Waals surface area contributed by atoms with E-state index in [1.54, 1.807) is 0 Å². The minimum atomic E-state index is -1.91. The van der Waals surface area contributed by atoms with Gasteiger partial charge in [0.15, 0.2) is 24.6 Å². The van der Waals surface area contributed by atoms with Crippen LogP contribution in [0, 0.1) is 0 Å². The van der Waals surface area contributed by atoms with Gasteiger partial charge in [-0.3, -0.25) is 14.4 Å². The summed E-state index contributed by atoms with van der Waals surface area (Å²) in [4.78, 5) is 51.3. The van der Waals surface area contributed by atoms with E-state index in [4.69, 9.17) is 23.7 Å². The summed E-state index contributed by atoms with van der Waals surface area (Å²) in [5.74, 6) is -3.16. The van der Waals surface area contributed by atoms with Crippen molar-refractivity contribution in [1.29, 1.82) is 0 Å². The number of unbranched alkanes of at least 4 members (excludes halogenated alkanes) is 27. The standard InChI is InChI=1S/C69H116O12/c1-4-7-10-13-16-19-22-25-27-29-31-33-35-38-40-43-46-49-52-55-61(70)77-58-60(79-62(71)56-53-50-47-44-41-37-24-21-18-15-12-9-6-3)59-78-69-67(65(74)64(73)66(81-69)68(75)76)80-63(72)57-54-51-48-45-42-39-36-34-32-30-28-26-23-20-17-14-11-8-5-2/h9,12,16-21,25-28,37,41,60,64-67,69,73-74H,4-8,10-11,13-15,22-24,29-36,38-40,42-59H2,1-3H3,(H,75,76)/b12-9-,19-16-,20-17-,21-18-,27-25-,28-26-,41-37-. The zero-order chi connectivity index (χ0) is 58.9. The number of esters is 3. The Morgan fingerprint density at radius 2 is 0.778 bits per heavy atom. The summed E-state index contributed by atoms with van der Waals surface area (Å²) in [6, 6.07) is 0. The van der Waals surface area contributed by atoms with E-state index in [1.807, 2.05) is 0 Å². The van der Waals surface area contributed by atoms with E-state index in [2.05, 4.69) is 106 Å². The number of carbonyl (C=O) groups is 4. The molecule has 0 spiro atoms. The summed E-state index contributed by atoms with van der Waals surface area (Å²) >= 11 is 0. The molecule has 464 valence electrons. The van der Waals surface area contributed by atoms with Crippen molar-refractivity contribution < 1.29 is 58.2 Å². The molecule has 1 fully saturated rings. The summed E-state index contributed by atoms with van der Waals surface area (Å²) in [5.41, 5.74) is 0. The highest BCUT2D eigenvalue weighted by Crippen LogP contribution is 2.27. The Morgan fingerprint density at radius 1 is 0.420 bits per heavy atom. The summed E-state index contributed by atoms with van der Waals surface area (Å²) in [6.07, 6.45) is 61.1. The number of hydrogen-bond acceptors (Lipinski definition) is 11. The van der Waals surface area contributed by atoms with Crippen molar-refractivity contribution in [2.45, 2.75) is 314 Å². The zero-order valence-electron chi connectivity index (χ0n) is 51.3. The van der Waals surface area contributed by atoms with Crippen molar-refractivity contribution >= 4 is 23.9 Å². The van der Waals surface area contributed by atoms with Gasteiger partial charge < -0.3 is 39.0 Å². The van der Waals surface area contributed by atoms with E-state index in [0.717, 1.165) is 109 Å². The first kappa shape index (κ1) is 74.9. The van der Waals surface area contributed by atoms with E-state index < -0.39 is 67.3 Å². The zero-order valence-corrected chi connectivity index (χ0v) is 51.3. The lowest BCUT2D eigenvalue weighted by molar-refractivity contribution is -0.301. The predicted octanol–water partition coefficient (Wildman–Crippen LogP) is 17.5. The molecule has 0 radical (unpaired) electrons. The van der Waals surface area contributed by atoms with E-state index in [1.165, 1.54) is 109 Å². The Kier molecular flexibility index (Phi) is 52.1. The molecule has 0 saturated carbocycles. The Hall–Kier alpha value is -4.10. The van der Waals surface area contributed by atoms with Gasteiger partial charge in [-0.1, -0.05) is 228 Å². The molecule has 81 heavy (non-hydrogen) atoms. The van der Waals surface area contributed by atoms with Gasteiger partial charge >= 0.3 is 23.9 Å². The van der Waals surface area contributed by atoms with Gasteiger partial charge in [-0.2, -0.15) is 0 Å². The highest BCUT2D eigenvalue weighted by atomic mass is 16.7. The number of aliphatic hydroxyl groups is 2. The van der Waals surface area contributed by atoms with Gasteiger partial charge in [0.1, 0.15) is 18.8 Å². The van der Waals surface area contributed by atoms with Crippen LogP contribution in [0.3, 0.4) is 0 Å². The lowest BCUT2D eigenvalue weighted by Gasteiger charge is -2.40. The topological polar surface area (TPSA) is 175 Å². The maximum Gasteiger partial charge on any atom is 0.335 e. The molecule has 3 N–H and O–H groups in total. The van der Waals surface area contributed by atoms with Gasteiger partial charge in [0.05, 0.1) is 6.61 Å². The van der Waals surface area contributed by atoms with Gasteiger partial charge in [-0.05, 0) is 116 Å². The second-order valence-electron chi connectivity index (χ2n) is 22.0. The Labute approximate surface area is 492 Å². The van der Waals surface area contributed by atoms with Crippen molar-refractivity contribution in [2.24, 2.45) is 0 Å². The van der Waals surface area contributed by atoms with E-state index in [0.29, 0.717) is 19.3 Å². The van der Waals surface area contributed by atoms with Crippen LogP contribution in [0.2, 0.25) is 0 Å². The van der Waals surface area contributed by atoms with Crippen LogP contribution in [0.1, 0.15) is 278 Å². The van der Waals surface area contributed by atoms with Gasteiger partial charge in [0.25, 0.3) is 0 Å². The molecule has 1 aliphatic heterocycles. The fraction of sp³-hybridized carbons (Fsp3) is 0.739. The highest BCUT2D eigenvalue weighted by molar-refractivity contribution is 5.74. The molecule has 1 rings (SSSR count). The van der Waals surface area contributed by atoms with E-state index in [-0.39, 0.29) is 25.9 Å². The van der Waals surface area contributed by atoms with Crippen LogP contribution in [0.4, 0.5) is 0 Å². The van der Waals surface area contributed by atoms with Crippen molar-refractivity contribution in [1.82, 2.24) is 0 Å². The quantitative estimate of drug-likeness (QED) is 0.0228. The Balaban J connectivity index is 2.65. The predicted molar refractivity (Wildman–Crippen MR) is 331 cm³/mol. The number of aliphatic carboxylic acids is 1. The van der Waals surface area contributed by atoms with Crippen LogP contribution in [-0.4, -0.2) is 89.2 Å². The second-order valence-corrected chi connectivity index (χ2v) is 22.0. The first-order chi connectivity index (χ1) is 39.6. The molecule has 1 saturated heterocycles. The van der Waals surface area contributed by atoms with Crippen molar-refractivity contribution in [3.8, 4) is 0 Å². The van der Waals surface area contributed by atoms with Crippen molar-refractivity contribution in [3.05, 3.63) is 85.1 Å². The average Bonchev–Trinajstić information content (AvgIpc) is 3.54. The van der Waals surface area contributed by atoms with Crippen LogP contribution in [-0.2, 0) is 42.9 Å². The number of aliphatic hydroxyl groups excluding tert-OH is 2. The number of hydrogen-bond donors (Lipinski definition) is 3. The second kappa shape index (κ2) is 56.4. The third kappa shape index (κ3) is 46.0. The average molecular weight is 1140 g/mol. The summed E-state index contributed by atoms with van der Waals surface area (Å²) in [6.45, 7) is 5.82. The van der Waals surface area contributed by atoms with Crippen LogP contribution in [0.25, 0.3) is 0 Å². The summed E-state index contributed by atoms with van der Waals surface area (Å²) in [7, 11) is 0. The molecule has 0 aromatic heterocycles. The van der Waals surface area contributed by atoms with Gasteiger partial charge in [-0.25, -0.2) is 4.79 Å². The number of allylic oxidation sites excluding steroid dienone is 14. The molecule has 0 aliphatic carbocycles. The molecule has 0 bridgehead atoms. The molecule has 12 heteroatoms. The molecule has 0 aromatic rings. The molecule has 12 nitrogen and oxygen atoms in total. The molecule has 0 amide bonds. The monoisotopic (exact) mass is 1140 g/mol. The van der Waals surface area contributed by atoms with Crippen LogP contribution in [0.5, 0.6) is 0 Å². The SMILES string of the molecule is CC/C=C\C/C=C\C/C=C\CCCCCC(=O)OC(COC(=O)CCCCCCCCCCC/C=C\C/C=C\CCCCC)COC1OC(C(=O)O)C(O)C(O)C1OC(=O)CCCCCCCCCCC/C=C\C/C=C\CCCCC. The van der Waals surface area contributed by atoms with Crippen LogP contribution < -0.4 is 0 Å². The lowest BCUT2D eigenvalue weighted by Crippen LogP contribution is -2.61. The smallest absolute Gasteiger partial charge is 0.335 e. The number of ether oxygens (including phenoxy) is 5. The van der Waals surface area contributed by atoms with E-state index >= 15 is 0 Å². The maximum atomic E-state index is 13.2. The molecular weight excluding hydrogens is 1020 g/mol. The fourth-order valence-corrected chi connectivity index (χ4v) is 9.44. The number of carboxylic acid groups (broad SMARTS) is 1. The third-order valence-electron chi connectivity index (χ3n) is 14.4. The highest BCUT2D eigenvalue weighted by Gasteiger charge is 2.50. The van der Waals surface area contributed by atoms with Crippen LogP contribution >= 0.6 is 0 Å². The molecule has 0 aromatic carbocycles. The molecular formula is C69H116O12. The number of carbonyl (C=O) groups excluding carboxylic acids is 3. The van der Waals surface area contributed by atoms with Gasteiger partial charge in [-0.15, -0.1) is 0 Å². The molecule has 1 heterocycles. The Bertz CT molecular complexity index is 1730. The van der Waals surface area contributed by atoms with Gasteiger partial charge in [0.2, 0.25) is 0 Å². The van der Waals surface area contributed by atoms with E-state index in [9.17, 15) is 34.5 Å². The number of rotatable bonds is 55. The summed E-state index contributed by atoms with van der Waals surface area (Å²) < 4.78 is 28.5. The minimum absolute atomic E-state index is 0.0494. The molecule has 6 unspecified atom stereocenters. The first-order valence-corrected chi connectivity index (χ1v) is 32.6. The van der Waals surface area contributed by atoms with Crippen molar-refractivity contribution in [3.63, 3.8) is 0 Å². The lowest BCUT2D eigenvalue weighted by atomic mass is 9.98. The molecule has 1 aliphatic rings. The normalized spacial score (nSPS) is 18.3. The molecule has 6 atom stereocenters. The largest absolute Gasteiger partial charge is 0.479 e. The van der Waals surface area contributed by atoms with Crippen LogP contribution in [0.15, 0.2) is 85.1 Å². The Morgan fingerprint density at radius 3 is 1.20 bits per heavy atom. The van der Waals surface area contributed by atoms with Crippen molar-refractivity contribution in [2.75, 3.05) is 13.2 Å². The first-order valence-electron chi connectivity index (χ1n) is 32.6. The maximum absolute atomic E-state index is 13.2. The third-order valence-corrected chi connectivity index (χ3v) is 14.4. The summed E-state index contributed by atoms with van der Waals surface area (Å²) in [5, 5.41) is 31.6. The number of carboxylic acids is 1.